The van der Waals surface area contributed by atoms with Crippen molar-refractivity contribution < 1.29 is 14.1 Å². The lowest BCUT2D eigenvalue weighted by Gasteiger charge is -2.15. The summed E-state index contributed by atoms with van der Waals surface area (Å²) in [6.45, 7) is 4.63. The zero-order valence-corrected chi connectivity index (χ0v) is 14.0. The maximum atomic E-state index is 12.7. The molecule has 7 heteroatoms. The van der Waals surface area contributed by atoms with Crippen LogP contribution >= 0.6 is 0 Å². The molecule has 1 amide bonds. The highest BCUT2D eigenvalue weighted by Gasteiger charge is 2.37. The molecule has 24 heavy (non-hydrogen) atoms. The number of nitrogens with one attached hydrogen (secondary N) is 1. The molecular weight excluding hydrogens is 310 g/mol. The van der Waals surface area contributed by atoms with Crippen molar-refractivity contribution in [2.75, 3.05) is 20.2 Å². The molecule has 0 bridgehead atoms. The number of hydrogen-bond donors (Lipinski definition) is 1. The van der Waals surface area contributed by atoms with Gasteiger partial charge in [0.15, 0.2) is 0 Å². The molecule has 0 unspecified atom stereocenters. The predicted octanol–water partition coefficient (Wildman–Crippen LogP) is 1.31. The van der Waals surface area contributed by atoms with Crippen LogP contribution in [0.2, 0.25) is 0 Å². The quantitative estimate of drug-likeness (QED) is 0.912. The van der Waals surface area contributed by atoms with Gasteiger partial charge in [-0.15, -0.1) is 0 Å². The summed E-state index contributed by atoms with van der Waals surface area (Å²) >= 11 is 0. The van der Waals surface area contributed by atoms with Gasteiger partial charge in [-0.05, 0) is 26.0 Å². The first kappa shape index (κ1) is 16.4. The first-order valence-corrected chi connectivity index (χ1v) is 7.92. The third kappa shape index (κ3) is 3.26. The van der Waals surface area contributed by atoms with Crippen molar-refractivity contribution in [1.29, 1.82) is 0 Å². The van der Waals surface area contributed by atoms with Gasteiger partial charge >= 0.3 is 0 Å². The largest absolute Gasteiger partial charge is 0.379 e. The topological polar surface area (TPSA) is 88.4 Å². The molecule has 1 aliphatic heterocycles. The minimum absolute atomic E-state index is 0.0936. The maximum absolute atomic E-state index is 12.7. The molecule has 7 nitrogen and oxygen atoms in total. The Hall–Kier alpha value is -2.41. The normalized spacial score (nSPS) is 20.5. The number of carbonyl (C=O) groups is 1. The van der Waals surface area contributed by atoms with E-state index in [2.05, 4.69) is 10.1 Å². The molecule has 0 aliphatic carbocycles. The molecule has 2 atom stereocenters. The van der Waals surface area contributed by atoms with Crippen molar-refractivity contribution in [2.24, 2.45) is 5.92 Å². The van der Waals surface area contributed by atoms with E-state index in [1.165, 1.54) is 0 Å². The minimum atomic E-state index is -0.358. The molecule has 1 aliphatic rings. The highest BCUT2D eigenvalue weighted by atomic mass is 16.5. The first-order valence-electron chi connectivity index (χ1n) is 7.92. The fourth-order valence-electron chi connectivity index (χ4n) is 3.15. The Balaban J connectivity index is 1.75. The fourth-order valence-corrected chi connectivity index (χ4v) is 3.15. The van der Waals surface area contributed by atoms with E-state index in [4.69, 9.17) is 9.26 Å². The molecule has 3 rings (SSSR count). The van der Waals surface area contributed by atoms with E-state index in [1.807, 2.05) is 13.0 Å². The number of methoxy groups -OCH3 is 1. The predicted molar refractivity (Wildman–Crippen MR) is 86.9 cm³/mol. The van der Waals surface area contributed by atoms with Gasteiger partial charge in [0.25, 0.3) is 11.5 Å². The number of nitrogens with zero attached hydrogens (tertiary/aromatic N) is 2. The van der Waals surface area contributed by atoms with Gasteiger partial charge in [0, 0.05) is 44.3 Å². The number of hydrogen-bond acceptors (Lipinski definition) is 5. The van der Waals surface area contributed by atoms with Gasteiger partial charge in [0.05, 0.1) is 11.8 Å². The molecule has 0 aromatic carbocycles. The highest BCUT2D eigenvalue weighted by Crippen LogP contribution is 2.25. The number of ether oxygens (including phenoxy) is 1. The van der Waals surface area contributed by atoms with Crippen LogP contribution in [0, 0.1) is 19.8 Å². The number of H-pyrrole nitrogens is 1. The first-order chi connectivity index (χ1) is 11.5. The Kier molecular flexibility index (Phi) is 4.53. The highest BCUT2D eigenvalue weighted by molar-refractivity contribution is 5.94. The van der Waals surface area contributed by atoms with Crippen LogP contribution in [-0.4, -0.2) is 47.3 Å². The zero-order valence-electron chi connectivity index (χ0n) is 14.0. The third-order valence-electron chi connectivity index (χ3n) is 4.40. The lowest BCUT2D eigenvalue weighted by Crippen LogP contribution is -2.34. The third-order valence-corrected chi connectivity index (χ3v) is 4.40. The molecule has 1 saturated heterocycles. The van der Waals surface area contributed by atoms with Crippen molar-refractivity contribution in [3.8, 4) is 0 Å². The molecule has 1 fully saturated rings. The van der Waals surface area contributed by atoms with Gasteiger partial charge in [-0.1, -0.05) is 5.16 Å². The summed E-state index contributed by atoms with van der Waals surface area (Å²) in [6, 6.07) is 5.20. The summed E-state index contributed by atoms with van der Waals surface area (Å²) in [6.07, 6.45) is 0.553. The van der Waals surface area contributed by atoms with Gasteiger partial charge < -0.3 is 19.1 Å². The van der Waals surface area contributed by atoms with Gasteiger partial charge in [0.2, 0.25) is 0 Å². The Morgan fingerprint density at radius 2 is 2.21 bits per heavy atom. The zero-order chi connectivity index (χ0) is 17.3. The SMILES string of the molecule is CO[C@H]1CN(C(=O)c2ccc(C)[nH]c2=O)C[C@H]1Cc1cc(C)no1. The van der Waals surface area contributed by atoms with Crippen molar-refractivity contribution in [3.05, 3.63) is 51.3 Å². The second-order valence-electron chi connectivity index (χ2n) is 6.27. The van der Waals surface area contributed by atoms with Crippen molar-refractivity contribution in [1.82, 2.24) is 15.0 Å². The van der Waals surface area contributed by atoms with Crippen LogP contribution in [0.15, 0.2) is 27.5 Å². The Bertz CT molecular complexity index is 795. The number of aryl methyl sites for hydroxylation is 2. The minimum Gasteiger partial charge on any atom is -0.379 e. The Morgan fingerprint density at radius 3 is 2.83 bits per heavy atom. The molecular formula is C17H21N3O4. The van der Waals surface area contributed by atoms with Gasteiger partial charge in [-0.25, -0.2) is 0 Å². The second kappa shape index (κ2) is 6.60. The van der Waals surface area contributed by atoms with Crippen molar-refractivity contribution >= 4 is 5.91 Å². The molecule has 2 aromatic rings. The molecule has 3 heterocycles. The average Bonchev–Trinajstić information content (AvgIpc) is 3.13. The lowest BCUT2D eigenvalue weighted by molar-refractivity contribution is 0.0671. The number of pyridine rings is 1. The van der Waals surface area contributed by atoms with Crippen LogP contribution in [0.3, 0.4) is 0 Å². The lowest BCUT2D eigenvalue weighted by atomic mass is 10.0. The number of aromatic amines is 1. The Labute approximate surface area is 139 Å². The van der Waals surface area contributed by atoms with Crippen LogP contribution in [0.5, 0.6) is 0 Å². The van der Waals surface area contributed by atoms with Crippen molar-refractivity contribution in [3.63, 3.8) is 0 Å². The second-order valence-corrected chi connectivity index (χ2v) is 6.27. The summed E-state index contributed by atoms with van der Waals surface area (Å²) in [4.78, 5) is 29.0. The van der Waals surface area contributed by atoms with E-state index in [1.54, 1.807) is 31.1 Å². The molecule has 0 saturated carbocycles. The summed E-state index contributed by atoms with van der Waals surface area (Å²) < 4.78 is 10.8. The van der Waals surface area contributed by atoms with E-state index in [0.717, 1.165) is 17.1 Å². The van der Waals surface area contributed by atoms with Crippen LogP contribution in [0.4, 0.5) is 0 Å². The van der Waals surface area contributed by atoms with E-state index in [0.29, 0.717) is 19.5 Å². The smallest absolute Gasteiger partial charge is 0.260 e. The van der Waals surface area contributed by atoms with Gasteiger partial charge in [0.1, 0.15) is 11.3 Å². The van der Waals surface area contributed by atoms with Gasteiger partial charge in [-0.3, -0.25) is 9.59 Å². The van der Waals surface area contributed by atoms with E-state index in [-0.39, 0.29) is 29.1 Å². The molecule has 128 valence electrons. The summed E-state index contributed by atoms with van der Waals surface area (Å²) in [5, 5.41) is 3.89. The van der Waals surface area contributed by atoms with E-state index < -0.39 is 0 Å². The van der Waals surface area contributed by atoms with Crippen molar-refractivity contribution in [2.45, 2.75) is 26.4 Å². The standard InChI is InChI=1S/C17H21N3O4/c1-10-4-5-14(16(21)18-10)17(22)20-8-12(15(9-20)23-3)7-13-6-11(2)19-24-13/h4-6,12,15H,7-9H2,1-3H3,(H,18,21)/t12-,15+/m1/s1. The number of likely N-dealkylation sites (tertiary alicyclic amines) is 1. The number of rotatable bonds is 4. The van der Waals surface area contributed by atoms with Crippen LogP contribution < -0.4 is 5.56 Å². The summed E-state index contributed by atoms with van der Waals surface area (Å²) in [7, 11) is 1.63. The summed E-state index contributed by atoms with van der Waals surface area (Å²) in [5.74, 6) is 0.618. The number of carbonyl (C=O) groups excluding carboxylic acids is 1. The number of aromatic nitrogens is 2. The van der Waals surface area contributed by atoms with Crippen LogP contribution in [0.1, 0.15) is 27.5 Å². The van der Waals surface area contributed by atoms with Crippen LogP contribution in [0.25, 0.3) is 0 Å². The molecule has 2 aromatic heterocycles. The Morgan fingerprint density at radius 1 is 1.42 bits per heavy atom. The number of amides is 1. The fraction of sp³-hybridized carbons (Fsp3) is 0.471. The molecule has 0 spiro atoms. The van der Waals surface area contributed by atoms with Gasteiger partial charge in [-0.2, -0.15) is 0 Å². The van der Waals surface area contributed by atoms with E-state index in [9.17, 15) is 9.59 Å². The maximum Gasteiger partial charge on any atom is 0.260 e. The monoisotopic (exact) mass is 331 g/mol. The van der Waals surface area contributed by atoms with E-state index >= 15 is 0 Å². The van der Waals surface area contributed by atoms with Crippen LogP contribution in [-0.2, 0) is 11.2 Å². The average molecular weight is 331 g/mol. The summed E-state index contributed by atoms with van der Waals surface area (Å²) in [5.41, 5.74) is 1.36. The molecule has 1 N–H and O–H groups in total. The molecule has 0 radical (unpaired) electrons.